The summed E-state index contributed by atoms with van der Waals surface area (Å²) < 4.78 is 0. The Morgan fingerprint density at radius 2 is 0.725 bits per heavy atom. The normalized spacial score (nSPS) is 11.1. The van der Waals surface area contributed by atoms with Gasteiger partial charge in [0.25, 0.3) is 0 Å². The molecule has 0 aliphatic heterocycles. The predicted octanol–water partition coefficient (Wildman–Crippen LogP) is 13.1. The Morgan fingerprint density at radius 1 is 0.375 bits per heavy atom. The molecule has 0 unspecified atom stereocenters. The Balaban J connectivity index is 1.25. The molecule has 0 N–H and O–H groups in total. The van der Waals surface area contributed by atoms with E-state index in [1.54, 1.807) is 0 Å². The first kappa shape index (κ1) is 32.0. The van der Waals surface area contributed by atoms with Gasteiger partial charge >= 0.3 is 0 Å². The summed E-state index contributed by atoms with van der Waals surface area (Å²) in [6.45, 7) is 2.30. The number of unbranched alkanes of at least 4 members (excludes halogenated alkanes) is 18. The number of anilines is 3. The summed E-state index contributed by atoms with van der Waals surface area (Å²) in [7, 11) is 0. The molecule has 1 nitrogen and oxygen atoms in total. The van der Waals surface area contributed by atoms with Gasteiger partial charge in [-0.25, -0.2) is 0 Å². The van der Waals surface area contributed by atoms with Crippen LogP contribution in [0.3, 0.4) is 0 Å². The number of rotatable bonds is 23. The van der Waals surface area contributed by atoms with Crippen LogP contribution in [0, 0.1) is 0 Å². The van der Waals surface area contributed by atoms with E-state index in [0.29, 0.717) is 0 Å². The van der Waals surface area contributed by atoms with E-state index in [-0.39, 0.29) is 0 Å². The number of hydrogen-bond donors (Lipinski definition) is 0. The molecule has 0 fully saturated rings. The summed E-state index contributed by atoms with van der Waals surface area (Å²) in [6, 6.07) is 30.5. The Morgan fingerprint density at radius 3 is 1.15 bits per heavy atom. The molecule has 0 aliphatic rings. The first-order valence-corrected chi connectivity index (χ1v) is 16.9. The van der Waals surface area contributed by atoms with E-state index in [1.165, 1.54) is 145 Å². The molecule has 1 heteroatoms. The average molecular weight is 540 g/mol. The van der Waals surface area contributed by atoms with Crippen molar-refractivity contribution >= 4 is 17.1 Å². The second-order valence-electron chi connectivity index (χ2n) is 11.7. The lowest BCUT2D eigenvalue weighted by molar-refractivity contribution is 0.523. The molecular weight excluding hydrogens is 482 g/mol. The van der Waals surface area contributed by atoms with Crippen LogP contribution < -0.4 is 4.90 Å². The number of hydrogen-bond acceptors (Lipinski definition) is 1. The van der Waals surface area contributed by atoms with Gasteiger partial charge in [0.15, 0.2) is 0 Å². The van der Waals surface area contributed by atoms with E-state index in [2.05, 4.69) is 96.8 Å². The van der Waals surface area contributed by atoms with Gasteiger partial charge in [0.2, 0.25) is 0 Å². The molecule has 0 aliphatic carbocycles. The summed E-state index contributed by atoms with van der Waals surface area (Å²) in [5.74, 6) is 0. The SMILES string of the molecule is CCCCCCCCCCCCCCCCCCCCCc1ccccc1N(c1ccccc1)c1ccccc1. The molecule has 3 aromatic rings. The zero-order valence-corrected chi connectivity index (χ0v) is 25.7. The van der Waals surface area contributed by atoms with Crippen LogP contribution in [-0.2, 0) is 6.42 Å². The van der Waals surface area contributed by atoms with Gasteiger partial charge in [-0.15, -0.1) is 0 Å². The quantitative estimate of drug-likeness (QED) is 0.108. The predicted molar refractivity (Wildman–Crippen MR) is 178 cm³/mol. The minimum atomic E-state index is 1.14. The van der Waals surface area contributed by atoms with E-state index in [1.807, 2.05) is 0 Å². The highest BCUT2D eigenvalue weighted by Gasteiger charge is 2.15. The number of para-hydroxylation sites is 3. The van der Waals surface area contributed by atoms with E-state index in [0.717, 1.165) is 6.42 Å². The Hall–Kier alpha value is -2.54. The molecule has 0 heterocycles. The van der Waals surface area contributed by atoms with Crippen LogP contribution in [0.2, 0.25) is 0 Å². The Kier molecular flexibility index (Phi) is 17.0. The van der Waals surface area contributed by atoms with Gasteiger partial charge in [-0.3, -0.25) is 0 Å². The van der Waals surface area contributed by atoms with Crippen molar-refractivity contribution < 1.29 is 0 Å². The molecule has 0 spiro atoms. The van der Waals surface area contributed by atoms with Gasteiger partial charge < -0.3 is 4.90 Å². The minimum Gasteiger partial charge on any atom is -0.310 e. The van der Waals surface area contributed by atoms with Crippen LogP contribution in [-0.4, -0.2) is 0 Å². The van der Waals surface area contributed by atoms with Gasteiger partial charge in [0.1, 0.15) is 0 Å². The van der Waals surface area contributed by atoms with Crippen molar-refractivity contribution in [2.45, 2.75) is 135 Å². The molecule has 3 aromatic carbocycles. The number of aryl methyl sites for hydroxylation is 1. The van der Waals surface area contributed by atoms with Gasteiger partial charge in [-0.1, -0.05) is 177 Å². The number of nitrogens with zero attached hydrogens (tertiary/aromatic N) is 1. The molecule has 218 valence electrons. The largest absolute Gasteiger partial charge is 0.310 e. The summed E-state index contributed by atoms with van der Waals surface area (Å²) >= 11 is 0. The molecule has 0 aromatic heterocycles. The molecule has 0 atom stereocenters. The summed E-state index contributed by atoms with van der Waals surface area (Å²) in [5, 5.41) is 0. The summed E-state index contributed by atoms with van der Waals surface area (Å²) in [4.78, 5) is 2.41. The first-order valence-electron chi connectivity index (χ1n) is 16.9. The smallest absolute Gasteiger partial charge is 0.0493 e. The van der Waals surface area contributed by atoms with E-state index >= 15 is 0 Å². The maximum Gasteiger partial charge on any atom is 0.0493 e. The second-order valence-corrected chi connectivity index (χ2v) is 11.7. The van der Waals surface area contributed by atoms with Crippen LogP contribution in [0.4, 0.5) is 17.1 Å². The minimum absolute atomic E-state index is 1.14. The van der Waals surface area contributed by atoms with Gasteiger partial charge in [-0.05, 0) is 48.7 Å². The highest BCUT2D eigenvalue weighted by atomic mass is 15.1. The summed E-state index contributed by atoms with van der Waals surface area (Å²) in [6.07, 6.45) is 28.2. The van der Waals surface area contributed by atoms with Crippen molar-refractivity contribution in [2.75, 3.05) is 4.90 Å². The summed E-state index contributed by atoms with van der Waals surface area (Å²) in [5.41, 5.74) is 5.19. The van der Waals surface area contributed by atoms with Crippen LogP contribution in [0.25, 0.3) is 0 Å². The van der Waals surface area contributed by atoms with Crippen molar-refractivity contribution in [2.24, 2.45) is 0 Å². The highest BCUT2D eigenvalue weighted by Crippen LogP contribution is 2.36. The molecule has 3 rings (SSSR count). The fourth-order valence-electron chi connectivity index (χ4n) is 5.92. The lowest BCUT2D eigenvalue weighted by Crippen LogP contribution is -2.12. The van der Waals surface area contributed by atoms with Crippen LogP contribution in [0.15, 0.2) is 84.9 Å². The van der Waals surface area contributed by atoms with Gasteiger partial charge in [0, 0.05) is 17.1 Å². The van der Waals surface area contributed by atoms with Crippen molar-refractivity contribution in [3.63, 3.8) is 0 Å². The van der Waals surface area contributed by atoms with Crippen molar-refractivity contribution in [1.82, 2.24) is 0 Å². The molecule has 0 saturated carbocycles. The van der Waals surface area contributed by atoms with Crippen molar-refractivity contribution in [3.8, 4) is 0 Å². The Bertz CT molecular complexity index is 940. The van der Waals surface area contributed by atoms with E-state index in [9.17, 15) is 0 Å². The first-order chi connectivity index (χ1) is 19.9. The lowest BCUT2D eigenvalue weighted by Gasteiger charge is -2.27. The monoisotopic (exact) mass is 539 g/mol. The Labute approximate surface area is 247 Å². The van der Waals surface area contributed by atoms with E-state index < -0.39 is 0 Å². The topological polar surface area (TPSA) is 3.24 Å². The van der Waals surface area contributed by atoms with Crippen molar-refractivity contribution in [1.29, 1.82) is 0 Å². The average Bonchev–Trinajstić information content (AvgIpc) is 3.00. The van der Waals surface area contributed by atoms with Gasteiger partial charge in [0.05, 0.1) is 0 Å². The third-order valence-electron chi connectivity index (χ3n) is 8.31. The third kappa shape index (κ3) is 12.8. The van der Waals surface area contributed by atoms with Crippen LogP contribution in [0.5, 0.6) is 0 Å². The molecular formula is C39H57N. The maximum atomic E-state index is 2.41. The molecule has 40 heavy (non-hydrogen) atoms. The fourth-order valence-corrected chi connectivity index (χ4v) is 5.92. The van der Waals surface area contributed by atoms with Crippen LogP contribution >= 0.6 is 0 Å². The lowest BCUT2D eigenvalue weighted by atomic mass is 10.0. The standard InChI is InChI=1S/C39H57N/c1-2-3-4-5-6-7-8-9-10-11-12-13-14-15-16-17-18-19-22-29-36-30-27-28-35-39(36)40(37-31-23-20-24-32-37)38-33-25-21-26-34-38/h20-21,23-28,30-35H,2-19,22,29H2,1H3. The van der Waals surface area contributed by atoms with Crippen LogP contribution in [0.1, 0.15) is 134 Å². The van der Waals surface area contributed by atoms with Gasteiger partial charge in [-0.2, -0.15) is 0 Å². The maximum absolute atomic E-state index is 2.41. The second kappa shape index (κ2) is 21.2. The molecule has 0 amide bonds. The highest BCUT2D eigenvalue weighted by molar-refractivity contribution is 5.78. The fraction of sp³-hybridized carbons (Fsp3) is 0.538. The molecule has 0 bridgehead atoms. The molecule has 0 radical (unpaired) electrons. The zero-order chi connectivity index (χ0) is 27.9. The number of benzene rings is 3. The van der Waals surface area contributed by atoms with E-state index in [4.69, 9.17) is 0 Å². The zero-order valence-electron chi connectivity index (χ0n) is 25.7. The van der Waals surface area contributed by atoms with Crippen molar-refractivity contribution in [3.05, 3.63) is 90.5 Å². The third-order valence-corrected chi connectivity index (χ3v) is 8.31. The molecule has 0 saturated heterocycles.